The fourth-order valence-electron chi connectivity index (χ4n) is 1.87. The van der Waals surface area contributed by atoms with Crippen molar-refractivity contribution >= 4 is 0 Å². The van der Waals surface area contributed by atoms with E-state index >= 15 is 0 Å². The Morgan fingerprint density at radius 1 is 1.36 bits per heavy atom. The Morgan fingerprint density at radius 3 is 2.36 bits per heavy atom. The summed E-state index contributed by atoms with van der Waals surface area (Å²) in [4.78, 5) is 0. The zero-order chi connectivity index (χ0) is 10.8. The molecule has 1 unspecified atom stereocenters. The maximum absolute atomic E-state index is 13.3. The lowest BCUT2D eigenvalue weighted by Crippen LogP contribution is -2.22. The maximum Gasteiger partial charge on any atom is 0.284 e. The molecule has 0 saturated heterocycles. The van der Waals surface area contributed by atoms with E-state index in [0.717, 1.165) is 19.1 Å². The zero-order valence-electron chi connectivity index (χ0n) is 8.86. The molecule has 0 bridgehead atoms. The number of hydrogen-bond donors (Lipinski definition) is 0. The molecule has 1 heterocycles. The first-order chi connectivity index (χ1) is 6.55. The van der Waals surface area contributed by atoms with Crippen LogP contribution in [0.5, 0.6) is 0 Å². The molecule has 1 rings (SSSR count). The SMILES string of the molecule is CCCC(C)(CC)c1c(F)coc1F. The van der Waals surface area contributed by atoms with E-state index in [4.69, 9.17) is 0 Å². The molecule has 0 fully saturated rings. The maximum atomic E-state index is 13.3. The lowest BCUT2D eigenvalue weighted by atomic mass is 9.77. The summed E-state index contributed by atoms with van der Waals surface area (Å²) in [5.41, 5.74) is -0.350. The van der Waals surface area contributed by atoms with E-state index in [2.05, 4.69) is 4.42 Å². The highest BCUT2D eigenvalue weighted by atomic mass is 19.1. The average molecular weight is 202 g/mol. The van der Waals surface area contributed by atoms with Crippen LogP contribution in [0.2, 0.25) is 0 Å². The van der Waals surface area contributed by atoms with Gasteiger partial charge in [0.25, 0.3) is 6.01 Å². The van der Waals surface area contributed by atoms with E-state index in [1.807, 2.05) is 20.8 Å². The van der Waals surface area contributed by atoms with Gasteiger partial charge >= 0.3 is 0 Å². The summed E-state index contributed by atoms with van der Waals surface area (Å²) >= 11 is 0. The van der Waals surface area contributed by atoms with E-state index in [0.29, 0.717) is 6.42 Å². The predicted molar refractivity (Wildman–Crippen MR) is 51.2 cm³/mol. The second-order valence-corrected chi connectivity index (χ2v) is 3.90. The van der Waals surface area contributed by atoms with Gasteiger partial charge in [0.05, 0.1) is 5.56 Å². The predicted octanol–water partition coefficient (Wildman–Crippen LogP) is 4.03. The van der Waals surface area contributed by atoms with Crippen LogP contribution in [0.3, 0.4) is 0 Å². The summed E-state index contributed by atoms with van der Waals surface area (Å²) in [7, 11) is 0. The van der Waals surface area contributed by atoms with Crippen molar-refractivity contribution in [1.29, 1.82) is 0 Å². The molecule has 0 N–H and O–H groups in total. The van der Waals surface area contributed by atoms with E-state index < -0.39 is 17.2 Å². The van der Waals surface area contributed by atoms with Crippen LogP contribution in [-0.2, 0) is 5.41 Å². The van der Waals surface area contributed by atoms with Crippen molar-refractivity contribution in [3.63, 3.8) is 0 Å². The van der Waals surface area contributed by atoms with Gasteiger partial charge in [0.15, 0.2) is 5.82 Å². The molecule has 0 spiro atoms. The fraction of sp³-hybridized carbons (Fsp3) is 0.636. The highest BCUT2D eigenvalue weighted by molar-refractivity contribution is 5.22. The molecule has 0 aliphatic heterocycles. The minimum atomic E-state index is -0.778. The van der Waals surface area contributed by atoms with Crippen LogP contribution in [0, 0.1) is 11.8 Å². The molecule has 0 amide bonds. The highest BCUT2D eigenvalue weighted by Gasteiger charge is 2.32. The second-order valence-electron chi connectivity index (χ2n) is 3.90. The number of halogens is 2. The molecule has 0 aliphatic rings. The van der Waals surface area contributed by atoms with Gasteiger partial charge in [-0.05, 0) is 12.8 Å². The Kier molecular flexibility index (Phi) is 3.29. The minimum absolute atomic E-state index is 0.0989. The monoisotopic (exact) mass is 202 g/mol. The summed E-state index contributed by atoms with van der Waals surface area (Å²) in [5.74, 6) is -0.569. The van der Waals surface area contributed by atoms with Crippen LogP contribution in [-0.4, -0.2) is 0 Å². The van der Waals surface area contributed by atoms with Gasteiger partial charge in [-0.15, -0.1) is 0 Å². The van der Waals surface area contributed by atoms with Crippen LogP contribution < -0.4 is 0 Å². The van der Waals surface area contributed by atoms with Crippen molar-refractivity contribution in [3.05, 3.63) is 23.7 Å². The molecule has 14 heavy (non-hydrogen) atoms. The average Bonchev–Trinajstić information content (AvgIpc) is 2.47. The van der Waals surface area contributed by atoms with E-state index in [9.17, 15) is 8.78 Å². The summed E-state index contributed by atoms with van der Waals surface area (Å²) in [6.45, 7) is 5.80. The number of rotatable bonds is 4. The Morgan fingerprint density at radius 2 is 2.00 bits per heavy atom. The van der Waals surface area contributed by atoms with Crippen LogP contribution in [0.15, 0.2) is 10.7 Å². The van der Waals surface area contributed by atoms with E-state index in [1.165, 1.54) is 0 Å². The largest absolute Gasteiger partial charge is 0.436 e. The molecular weight excluding hydrogens is 186 g/mol. The summed E-state index contributed by atoms with van der Waals surface area (Å²) < 4.78 is 30.9. The number of furan rings is 1. The first-order valence-electron chi connectivity index (χ1n) is 4.98. The molecule has 1 aromatic rings. The van der Waals surface area contributed by atoms with Crippen molar-refractivity contribution < 1.29 is 13.2 Å². The lowest BCUT2D eigenvalue weighted by molar-refractivity contribution is 0.318. The van der Waals surface area contributed by atoms with Gasteiger partial charge in [0, 0.05) is 5.41 Å². The Labute approximate surface area is 83.1 Å². The summed E-state index contributed by atoms with van der Waals surface area (Å²) in [5, 5.41) is 0. The van der Waals surface area contributed by atoms with Crippen LogP contribution in [0.1, 0.15) is 45.6 Å². The van der Waals surface area contributed by atoms with Gasteiger partial charge in [-0.1, -0.05) is 27.2 Å². The number of hydrogen-bond acceptors (Lipinski definition) is 1. The van der Waals surface area contributed by atoms with Crippen molar-refractivity contribution in [2.75, 3.05) is 0 Å². The third-order valence-corrected chi connectivity index (χ3v) is 2.89. The van der Waals surface area contributed by atoms with E-state index in [1.54, 1.807) is 0 Å². The normalized spacial score (nSPS) is 15.5. The van der Waals surface area contributed by atoms with Crippen LogP contribution >= 0.6 is 0 Å². The van der Waals surface area contributed by atoms with Crippen molar-refractivity contribution in [2.24, 2.45) is 0 Å². The molecule has 1 atom stereocenters. The third kappa shape index (κ3) is 1.81. The zero-order valence-corrected chi connectivity index (χ0v) is 8.86. The molecule has 1 nitrogen and oxygen atoms in total. The smallest absolute Gasteiger partial charge is 0.284 e. The fourth-order valence-corrected chi connectivity index (χ4v) is 1.87. The Bertz CT molecular complexity index is 287. The van der Waals surface area contributed by atoms with E-state index in [-0.39, 0.29) is 5.56 Å². The summed E-state index contributed by atoms with van der Waals surface area (Å²) in [6.07, 6.45) is 3.20. The second kappa shape index (κ2) is 4.11. The first-order valence-corrected chi connectivity index (χ1v) is 4.98. The third-order valence-electron chi connectivity index (χ3n) is 2.89. The molecule has 0 aromatic carbocycles. The topological polar surface area (TPSA) is 13.1 Å². The quantitative estimate of drug-likeness (QED) is 0.718. The Balaban J connectivity index is 3.11. The van der Waals surface area contributed by atoms with Gasteiger partial charge in [-0.25, -0.2) is 4.39 Å². The van der Waals surface area contributed by atoms with Crippen LogP contribution in [0.4, 0.5) is 8.78 Å². The van der Waals surface area contributed by atoms with Crippen LogP contribution in [0.25, 0.3) is 0 Å². The first kappa shape index (κ1) is 11.2. The standard InChI is InChI=1S/C11H16F2O/c1-4-6-11(3,5-2)9-8(12)7-14-10(9)13/h7H,4-6H2,1-3H3. The molecule has 0 radical (unpaired) electrons. The molecule has 0 aliphatic carbocycles. The minimum Gasteiger partial charge on any atom is -0.436 e. The molecule has 3 heteroatoms. The van der Waals surface area contributed by atoms with Crippen molar-refractivity contribution in [2.45, 2.75) is 45.4 Å². The molecule has 80 valence electrons. The van der Waals surface area contributed by atoms with Gasteiger partial charge in [0.1, 0.15) is 6.26 Å². The molecule has 0 saturated carbocycles. The van der Waals surface area contributed by atoms with Gasteiger partial charge in [0.2, 0.25) is 0 Å². The highest BCUT2D eigenvalue weighted by Crippen LogP contribution is 2.36. The van der Waals surface area contributed by atoms with Gasteiger partial charge in [-0.3, -0.25) is 0 Å². The molecule has 1 aromatic heterocycles. The van der Waals surface area contributed by atoms with Crippen molar-refractivity contribution in [1.82, 2.24) is 0 Å². The van der Waals surface area contributed by atoms with Gasteiger partial charge in [-0.2, -0.15) is 4.39 Å². The Hall–Kier alpha value is -0.860. The van der Waals surface area contributed by atoms with Gasteiger partial charge < -0.3 is 4.42 Å². The lowest BCUT2D eigenvalue weighted by Gasteiger charge is -2.26. The molecular formula is C11H16F2O. The van der Waals surface area contributed by atoms with Crippen molar-refractivity contribution in [3.8, 4) is 0 Å². The summed E-state index contributed by atoms with van der Waals surface area (Å²) in [6, 6.07) is -0.778.